The zero-order chi connectivity index (χ0) is 14.1. The highest BCUT2D eigenvalue weighted by molar-refractivity contribution is 6.02. The molecule has 0 bridgehead atoms. The van der Waals surface area contributed by atoms with Crippen LogP contribution < -0.4 is 5.63 Å². The molecule has 0 amide bonds. The summed E-state index contributed by atoms with van der Waals surface area (Å²) in [6.45, 7) is 2.57. The summed E-state index contributed by atoms with van der Waals surface area (Å²) in [4.78, 5) is 12.1. The number of methoxy groups -OCH3 is 1. The summed E-state index contributed by atoms with van der Waals surface area (Å²) in [5.74, 6) is 0.834. The standard InChI is InChI=1S/C16H16O4/c1-10-12(8-5-9-18-2)19-15-11-6-3-4-7-13(11)20-16(17)14(10)15/h3-4,6-7H,5,8-9H2,1-2H3. The third kappa shape index (κ3) is 2.02. The van der Waals surface area contributed by atoms with Crippen molar-refractivity contribution in [2.45, 2.75) is 19.8 Å². The van der Waals surface area contributed by atoms with E-state index in [0.717, 1.165) is 29.6 Å². The van der Waals surface area contributed by atoms with E-state index in [-0.39, 0.29) is 5.63 Å². The molecule has 0 aliphatic rings. The lowest BCUT2D eigenvalue weighted by atomic mass is 10.1. The Balaban J connectivity index is 2.21. The molecule has 3 aromatic rings. The average molecular weight is 272 g/mol. The molecule has 0 spiro atoms. The Hall–Kier alpha value is -2.07. The summed E-state index contributed by atoms with van der Waals surface area (Å²) in [6, 6.07) is 7.43. The smallest absolute Gasteiger partial charge is 0.347 e. The Morgan fingerprint density at radius 2 is 2.00 bits per heavy atom. The van der Waals surface area contributed by atoms with Crippen LogP contribution in [0.1, 0.15) is 17.7 Å². The molecule has 0 radical (unpaired) electrons. The first-order valence-electron chi connectivity index (χ1n) is 6.65. The zero-order valence-corrected chi connectivity index (χ0v) is 11.6. The van der Waals surface area contributed by atoms with Gasteiger partial charge in [-0.15, -0.1) is 0 Å². The molecular formula is C16H16O4. The fourth-order valence-corrected chi connectivity index (χ4v) is 2.51. The number of rotatable bonds is 4. The predicted octanol–water partition coefficient (Wildman–Crippen LogP) is 3.43. The SMILES string of the molecule is COCCCc1oc2c(c1C)c(=O)oc1ccccc12. The van der Waals surface area contributed by atoms with Gasteiger partial charge in [-0.2, -0.15) is 0 Å². The Bertz CT molecular complexity index is 810. The minimum atomic E-state index is -0.335. The van der Waals surface area contributed by atoms with E-state index in [2.05, 4.69) is 0 Å². The van der Waals surface area contributed by atoms with E-state index in [1.165, 1.54) is 0 Å². The molecule has 4 heteroatoms. The van der Waals surface area contributed by atoms with Crippen molar-refractivity contribution >= 4 is 21.9 Å². The lowest BCUT2D eigenvalue weighted by Crippen LogP contribution is -1.99. The van der Waals surface area contributed by atoms with Crippen molar-refractivity contribution in [1.82, 2.24) is 0 Å². The van der Waals surface area contributed by atoms with Crippen molar-refractivity contribution in [3.05, 3.63) is 46.0 Å². The molecule has 20 heavy (non-hydrogen) atoms. The maximum atomic E-state index is 12.1. The first-order chi connectivity index (χ1) is 9.72. The van der Waals surface area contributed by atoms with Gasteiger partial charge in [0, 0.05) is 25.7 Å². The van der Waals surface area contributed by atoms with Crippen LogP contribution >= 0.6 is 0 Å². The number of aryl methyl sites for hydroxylation is 2. The van der Waals surface area contributed by atoms with E-state index >= 15 is 0 Å². The van der Waals surface area contributed by atoms with Crippen LogP contribution in [0.4, 0.5) is 0 Å². The van der Waals surface area contributed by atoms with Gasteiger partial charge in [-0.1, -0.05) is 12.1 Å². The maximum absolute atomic E-state index is 12.1. The number of furan rings is 1. The molecule has 0 atom stereocenters. The summed E-state index contributed by atoms with van der Waals surface area (Å²) in [5, 5.41) is 1.39. The molecule has 1 aromatic carbocycles. The highest BCUT2D eigenvalue weighted by atomic mass is 16.5. The fourth-order valence-electron chi connectivity index (χ4n) is 2.51. The second-order valence-corrected chi connectivity index (χ2v) is 4.84. The van der Waals surface area contributed by atoms with Crippen molar-refractivity contribution in [3.8, 4) is 0 Å². The Labute approximate surface area is 115 Å². The number of hydrogen-bond acceptors (Lipinski definition) is 4. The minimum Gasteiger partial charge on any atom is -0.460 e. The van der Waals surface area contributed by atoms with Crippen LogP contribution in [0.25, 0.3) is 21.9 Å². The number of benzene rings is 1. The minimum absolute atomic E-state index is 0.335. The number of fused-ring (bicyclic) bond motifs is 3. The van der Waals surface area contributed by atoms with Crippen molar-refractivity contribution in [1.29, 1.82) is 0 Å². The van der Waals surface area contributed by atoms with Gasteiger partial charge >= 0.3 is 5.63 Å². The van der Waals surface area contributed by atoms with Gasteiger partial charge in [0.15, 0.2) is 5.58 Å². The van der Waals surface area contributed by atoms with E-state index in [0.29, 0.717) is 23.2 Å². The second-order valence-electron chi connectivity index (χ2n) is 4.84. The molecule has 0 fully saturated rings. The Morgan fingerprint density at radius 1 is 1.20 bits per heavy atom. The van der Waals surface area contributed by atoms with Crippen LogP contribution in [0.2, 0.25) is 0 Å². The number of hydrogen-bond donors (Lipinski definition) is 0. The van der Waals surface area contributed by atoms with Gasteiger partial charge < -0.3 is 13.6 Å². The van der Waals surface area contributed by atoms with E-state index in [1.807, 2.05) is 25.1 Å². The molecule has 3 rings (SSSR count). The zero-order valence-electron chi connectivity index (χ0n) is 11.6. The predicted molar refractivity (Wildman–Crippen MR) is 77.2 cm³/mol. The van der Waals surface area contributed by atoms with Crippen LogP contribution in [-0.2, 0) is 11.2 Å². The maximum Gasteiger partial charge on any atom is 0.347 e. The van der Waals surface area contributed by atoms with Crippen LogP contribution in [0.5, 0.6) is 0 Å². The van der Waals surface area contributed by atoms with Crippen molar-refractivity contribution in [2.24, 2.45) is 0 Å². The van der Waals surface area contributed by atoms with Gasteiger partial charge in [-0.3, -0.25) is 0 Å². The second kappa shape index (κ2) is 5.13. The molecule has 0 unspecified atom stereocenters. The summed E-state index contributed by atoms with van der Waals surface area (Å²) in [6.07, 6.45) is 1.61. The molecule has 0 N–H and O–H groups in total. The van der Waals surface area contributed by atoms with Gasteiger partial charge in [-0.05, 0) is 25.5 Å². The molecule has 4 nitrogen and oxygen atoms in total. The molecular weight excluding hydrogens is 256 g/mol. The quantitative estimate of drug-likeness (QED) is 0.539. The van der Waals surface area contributed by atoms with E-state index in [4.69, 9.17) is 13.6 Å². The molecule has 0 aliphatic heterocycles. The molecule has 0 aliphatic carbocycles. The van der Waals surface area contributed by atoms with Gasteiger partial charge in [0.05, 0.1) is 5.39 Å². The van der Waals surface area contributed by atoms with Gasteiger partial charge in [0.1, 0.15) is 16.7 Å². The van der Waals surface area contributed by atoms with Crippen molar-refractivity contribution < 1.29 is 13.6 Å². The monoisotopic (exact) mass is 272 g/mol. The first-order valence-corrected chi connectivity index (χ1v) is 6.65. The largest absolute Gasteiger partial charge is 0.460 e. The average Bonchev–Trinajstić information content (AvgIpc) is 2.78. The third-order valence-corrected chi connectivity index (χ3v) is 3.54. The lowest BCUT2D eigenvalue weighted by molar-refractivity contribution is 0.193. The summed E-state index contributed by atoms with van der Waals surface area (Å²) < 4.78 is 16.3. The van der Waals surface area contributed by atoms with Crippen molar-refractivity contribution in [3.63, 3.8) is 0 Å². The topological polar surface area (TPSA) is 52.6 Å². The van der Waals surface area contributed by atoms with Crippen LogP contribution in [0.3, 0.4) is 0 Å². The fraction of sp³-hybridized carbons (Fsp3) is 0.312. The lowest BCUT2D eigenvalue weighted by Gasteiger charge is -1.97. The first kappa shape index (κ1) is 12.9. The number of ether oxygens (including phenoxy) is 1. The van der Waals surface area contributed by atoms with Gasteiger partial charge in [0.2, 0.25) is 0 Å². The molecule has 0 saturated heterocycles. The highest BCUT2D eigenvalue weighted by Crippen LogP contribution is 2.29. The summed E-state index contributed by atoms with van der Waals surface area (Å²) in [5.41, 5.74) is 1.72. The van der Waals surface area contributed by atoms with Gasteiger partial charge in [0.25, 0.3) is 0 Å². The highest BCUT2D eigenvalue weighted by Gasteiger charge is 2.17. The Morgan fingerprint density at radius 3 is 2.80 bits per heavy atom. The van der Waals surface area contributed by atoms with E-state index in [1.54, 1.807) is 13.2 Å². The van der Waals surface area contributed by atoms with Crippen LogP contribution in [-0.4, -0.2) is 13.7 Å². The van der Waals surface area contributed by atoms with E-state index < -0.39 is 0 Å². The van der Waals surface area contributed by atoms with E-state index in [9.17, 15) is 4.79 Å². The van der Waals surface area contributed by atoms with Gasteiger partial charge in [-0.25, -0.2) is 4.79 Å². The summed E-state index contributed by atoms with van der Waals surface area (Å²) >= 11 is 0. The molecule has 2 heterocycles. The summed E-state index contributed by atoms with van der Waals surface area (Å²) in [7, 11) is 1.67. The normalized spacial score (nSPS) is 11.5. The molecule has 0 saturated carbocycles. The number of para-hydroxylation sites is 1. The Kier molecular flexibility index (Phi) is 3.32. The van der Waals surface area contributed by atoms with Crippen LogP contribution in [0, 0.1) is 6.92 Å². The van der Waals surface area contributed by atoms with Crippen molar-refractivity contribution in [2.75, 3.05) is 13.7 Å². The molecule has 2 aromatic heterocycles. The third-order valence-electron chi connectivity index (χ3n) is 3.54. The molecule has 104 valence electrons. The van der Waals surface area contributed by atoms with Crippen LogP contribution in [0.15, 0.2) is 37.9 Å².